The van der Waals surface area contributed by atoms with Gasteiger partial charge in [0.25, 0.3) is 0 Å². The first-order valence-corrected chi connectivity index (χ1v) is 11.8. The highest BCUT2D eigenvalue weighted by Crippen LogP contribution is 2.24. The second-order valence-corrected chi connectivity index (χ2v) is 9.64. The Hall–Kier alpha value is -3.10. The highest BCUT2D eigenvalue weighted by molar-refractivity contribution is 5.98. The molecule has 0 spiro atoms. The summed E-state index contributed by atoms with van der Waals surface area (Å²) in [6, 6.07) is 8.29. The summed E-state index contributed by atoms with van der Waals surface area (Å²) >= 11 is 0. The fourth-order valence-electron chi connectivity index (χ4n) is 3.60. The minimum absolute atomic E-state index is 0.0939. The molecule has 2 N–H and O–H groups in total. The maximum absolute atomic E-state index is 12.2. The van der Waals surface area contributed by atoms with E-state index in [4.69, 9.17) is 9.47 Å². The maximum atomic E-state index is 12.2. The number of nitrogens with one attached hydrogen (secondary N) is 2. The van der Waals surface area contributed by atoms with Crippen molar-refractivity contribution in [1.82, 2.24) is 15.5 Å². The van der Waals surface area contributed by atoms with Crippen molar-refractivity contribution < 1.29 is 28.7 Å². The van der Waals surface area contributed by atoms with Crippen molar-refractivity contribution in [2.45, 2.75) is 78.0 Å². The number of piperidine rings is 1. The molecular weight excluding hydrogens is 438 g/mol. The van der Waals surface area contributed by atoms with Crippen molar-refractivity contribution in [3.8, 4) is 0 Å². The van der Waals surface area contributed by atoms with Crippen LogP contribution in [0.25, 0.3) is 0 Å². The predicted octanol–water partition coefficient (Wildman–Crippen LogP) is 3.76. The number of carbonyl (C=O) groups excluding carboxylic acids is 4. The lowest BCUT2D eigenvalue weighted by atomic mass is 9.91. The molecule has 188 valence electrons. The van der Waals surface area contributed by atoms with Crippen LogP contribution in [0.2, 0.25) is 0 Å². The molecule has 1 saturated heterocycles. The summed E-state index contributed by atoms with van der Waals surface area (Å²) in [4.78, 5) is 50.0. The summed E-state index contributed by atoms with van der Waals surface area (Å²) in [5.74, 6) is -0.517. The molecule has 9 heteroatoms. The first-order valence-electron chi connectivity index (χ1n) is 11.8. The Balaban J connectivity index is 1.59. The van der Waals surface area contributed by atoms with E-state index in [1.54, 1.807) is 4.90 Å². The van der Waals surface area contributed by atoms with Gasteiger partial charge in [0.05, 0.1) is 0 Å². The molecule has 1 aromatic carbocycles. The van der Waals surface area contributed by atoms with Crippen molar-refractivity contribution in [2.24, 2.45) is 5.92 Å². The van der Waals surface area contributed by atoms with E-state index in [1.807, 2.05) is 51.1 Å². The molecule has 0 bridgehead atoms. The van der Waals surface area contributed by atoms with Crippen LogP contribution in [0, 0.1) is 5.92 Å². The normalized spacial score (nSPS) is 15.2. The zero-order valence-corrected chi connectivity index (χ0v) is 20.6. The first kappa shape index (κ1) is 27.1. The van der Waals surface area contributed by atoms with Crippen LogP contribution in [0.3, 0.4) is 0 Å². The SMILES string of the molecule is C[C@H](NC(=O)OCc1ccccc1)C(=O)NC(=O)CCCC1CCN(C(=O)OC(C)(C)C)CC1. The Labute approximate surface area is 201 Å². The van der Waals surface area contributed by atoms with Crippen LogP contribution in [0.5, 0.6) is 0 Å². The molecule has 2 rings (SSSR count). The first-order chi connectivity index (χ1) is 16.0. The molecular formula is C25H37N3O6. The summed E-state index contributed by atoms with van der Waals surface area (Å²) in [6.07, 6.45) is 2.45. The van der Waals surface area contributed by atoms with Crippen molar-refractivity contribution in [2.75, 3.05) is 13.1 Å². The fourth-order valence-corrected chi connectivity index (χ4v) is 3.60. The van der Waals surface area contributed by atoms with Gasteiger partial charge in [-0.1, -0.05) is 30.3 Å². The van der Waals surface area contributed by atoms with Gasteiger partial charge in [-0.25, -0.2) is 9.59 Å². The van der Waals surface area contributed by atoms with Crippen LogP contribution in [-0.4, -0.2) is 53.6 Å². The Morgan fingerprint density at radius 2 is 1.74 bits per heavy atom. The molecule has 0 unspecified atom stereocenters. The number of hydrogen-bond acceptors (Lipinski definition) is 6. The fraction of sp³-hybridized carbons (Fsp3) is 0.600. The van der Waals surface area contributed by atoms with E-state index >= 15 is 0 Å². The molecule has 9 nitrogen and oxygen atoms in total. The molecule has 1 aliphatic rings. The molecule has 1 aliphatic heterocycles. The number of hydrogen-bond donors (Lipinski definition) is 2. The second kappa shape index (κ2) is 13.0. The highest BCUT2D eigenvalue weighted by atomic mass is 16.6. The van der Waals surface area contributed by atoms with Gasteiger partial charge in [0, 0.05) is 19.5 Å². The Kier molecular flexibility index (Phi) is 10.3. The molecule has 1 heterocycles. The third kappa shape index (κ3) is 10.2. The van der Waals surface area contributed by atoms with Gasteiger partial charge in [-0.3, -0.25) is 14.9 Å². The van der Waals surface area contributed by atoms with E-state index in [1.165, 1.54) is 6.92 Å². The lowest BCUT2D eigenvalue weighted by Crippen LogP contribution is -2.46. The third-order valence-electron chi connectivity index (χ3n) is 5.49. The molecule has 0 radical (unpaired) electrons. The summed E-state index contributed by atoms with van der Waals surface area (Å²) in [5, 5.41) is 4.75. The predicted molar refractivity (Wildman–Crippen MR) is 127 cm³/mol. The molecule has 0 aromatic heterocycles. The zero-order chi connectivity index (χ0) is 25.1. The Morgan fingerprint density at radius 3 is 2.35 bits per heavy atom. The summed E-state index contributed by atoms with van der Waals surface area (Å²) < 4.78 is 10.5. The van der Waals surface area contributed by atoms with Crippen LogP contribution in [-0.2, 0) is 25.7 Å². The van der Waals surface area contributed by atoms with E-state index in [9.17, 15) is 19.2 Å². The molecule has 4 amide bonds. The van der Waals surface area contributed by atoms with Gasteiger partial charge >= 0.3 is 12.2 Å². The summed E-state index contributed by atoms with van der Waals surface area (Å²) in [5.41, 5.74) is 0.328. The monoisotopic (exact) mass is 475 g/mol. The van der Waals surface area contributed by atoms with Crippen LogP contribution in [0.15, 0.2) is 30.3 Å². The van der Waals surface area contributed by atoms with E-state index in [0.29, 0.717) is 25.4 Å². The average molecular weight is 476 g/mol. The Morgan fingerprint density at radius 1 is 1.09 bits per heavy atom. The number of imide groups is 1. The molecule has 1 fully saturated rings. The minimum Gasteiger partial charge on any atom is -0.445 e. The van der Waals surface area contributed by atoms with Gasteiger partial charge in [-0.2, -0.15) is 0 Å². The minimum atomic E-state index is -0.899. The second-order valence-electron chi connectivity index (χ2n) is 9.64. The number of carbonyl (C=O) groups is 4. The number of nitrogens with zero attached hydrogens (tertiary/aromatic N) is 1. The quantitative estimate of drug-likeness (QED) is 0.592. The van der Waals surface area contributed by atoms with E-state index in [0.717, 1.165) is 24.8 Å². The van der Waals surface area contributed by atoms with Gasteiger partial charge in [-0.05, 0) is 64.9 Å². The van der Waals surface area contributed by atoms with E-state index in [-0.39, 0.29) is 25.0 Å². The van der Waals surface area contributed by atoms with Gasteiger partial charge in [0.15, 0.2) is 0 Å². The van der Waals surface area contributed by atoms with Gasteiger partial charge in [0.1, 0.15) is 18.2 Å². The average Bonchev–Trinajstić information content (AvgIpc) is 2.77. The molecule has 1 atom stereocenters. The number of alkyl carbamates (subject to hydrolysis) is 1. The molecule has 0 saturated carbocycles. The Bertz CT molecular complexity index is 829. The largest absolute Gasteiger partial charge is 0.445 e. The topological polar surface area (TPSA) is 114 Å². The number of rotatable bonds is 8. The lowest BCUT2D eigenvalue weighted by molar-refractivity contribution is -0.131. The third-order valence-corrected chi connectivity index (χ3v) is 5.49. The van der Waals surface area contributed by atoms with Gasteiger partial charge in [0.2, 0.25) is 11.8 Å². The molecule has 1 aromatic rings. The van der Waals surface area contributed by atoms with Crippen LogP contribution >= 0.6 is 0 Å². The van der Waals surface area contributed by atoms with Crippen molar-refractivity contribution >= 4 is 24.0 Å². The molecule has 34 heavy (non-hydrogen) atoms. The number of benzene rings is 1. The number of ether oxygens (including phenoxy) is 2. The van der Waals surface area contributed by atoms with Crippen molar-refractivity contribution in [1.29, 1.82) is 0 Å². The van der Waals surface area contributed by atoms with E-state index in [2.05, 4.69) is 10.6 Å². The smallest absolute Gasteiger partial charge is 0.410 e. The maximum Gasteiger partial charge on any atom is 0.410 e. The number of likely N-dealkylation sites (tertiary alicyclic amines) is 1. The highest BCUT2D eigenvalue weighted by Gasteiger charge is 2.27. The van der Waals surface area contributed by atoms with Gasteiger partial charge < -0.3 is 19.7 Å². The number of amides is 4. The van der Waals surface area contributed by atoms with E-state index < -0.39 is 23.6 Å². The van der Waals surface area contributed by atoms with Crippen LogP contribution < -0.4 is 10.6 Å². The molecule has 0 aliphatic carbocycles. The zero-order valence-electron chi connectivity index (χ0n) is 20.6. The van der Waals surface area contributed by atoms with Crippen LogP contribution in [0.4, 0.5) is 9.59 Å². The summed E-state index contributed by atoms with van der Waals surface area (Å²) in [7, 11) is 0. The lowest BCUT2D eigenvalue weighted by Gasteiger charge is -2.33. The van der Waals surface area contributed by atoms with Crippen LogP contribution in [0.1, 0.15) is 65.4 Å². The van der Waals surface area contributed by atoms with Crippen molar-refractivity contribution in [3.63, 3.8) is 0 Å². The van der Waals surface area contributed by atoms with Gasteiger partial charge in [-0.15, -0.1) is 0 Å². The standard InChI is InChI=1S/C25H37N3O6/c1-18(26-23(31)33-17-20-9-6-5-7-10-20)22(30)27-21(29)12-8-11-19-13-15-28(16-14-19)24(32)34-25(2,3)4/h5-7,9-10,18-19H,8,11-17H2,1-4H3,(H,26,31)(H,27,29,30)/t18-/m0/s1. The summed E-state index contributed by atoms with van der Waals surface area (Å²) in [6.45, 7) is 8.43. The van der Waals surface area contributed by atoms with Crippen molar-refractivity contribution in [3.05, 3.63) is 35.9 Å².